The summed E-state index contributed by atoms with van der Waals surface area (Å²) in [5.41, 5.74) is 1.63. The van der Waals surface area contributed by atoms with Crippen LogP contribution in [0.5, 0.6) is 0 Å². The monoisotopic (exact) mass is 347 g/mol. The van der Waals surface area contributed by atoms with E-state index in [0.29, 0.717) is 5.69 Å². The minimum Gasteiger partial charge on any atom is -0.453 e. The highest BCUT2D eigenvalue weighted by atomic mass is 16.5. The van der Waals surface area contributed by atoms with Gasteiger partial charge in [-0.3, -0.25) is 19.3 Å². The summed E-state index contributed by atoms with van der Waals surface area (Å²) in [4.78, 5) is 47.6. The Kier molecular flexibility index (Phi) is 6.10. The lowest BCUT2D eigenvalue weighted by atomic mass is 10.2. The van der Waals surface area contributed by atoms with Crippen LogP contribution >= 0.6 is 0 Å². The van der Waals surface area contributed by atoms with Gasteiger partial charge in [-0.2, -0.15) is 0 Å². The average Bonchev–Trinajstić information content (AvgIpc) is 2.86. The van der Waals surface area contributed by atoms with E-state index in [1.54, 1.807) is 6.07 Å². The second-order valence-electron chi connectivity index (χ2n) is 5.80. The number of hydrogen-bond donors (Lipinski definition) is 2. The first-order chi connectivity index (χ1) is 11.9. The van der Waals surface area contributed by atoms with Crippen LogP contribution < -0.4 is 10.6 Å². The number of esters is 1. The van der Waals surface area contributed by atoms with Gasteiger partial charge >= 0.3 is 12.0 Å². The van der Waals surface area contributed by atoms with Gasteiger partial charge in [-0.05, 0) is 38.0 Å². The fraction of sp³-hybridized carbons (Fsp3) is 0.412. The molecule has 1 atom stereocenters. The van der Waals surface area contributed by atoms with Crippen LogP contribution in [0, 0.1) is 6.92 Å². The third-order valence-electron chi connectivity index (χ3n) is 3.66. The number of amides is 4. The normalized spacial score (nSPS) is 14.9. The number of nitrogens with zero attached hydrogens (tertiary/aromatic N) is 1. The molecule has 1 fully saturated rings. The van der Waals surface area contributed by atoms with Gasteiger partial charge in [0.1, 0.15) is 0 Å². The van der Waals surface area contributed by atoms with Gasteiger partial charge in [-0.15, -0.1) is 0 Å². The maximum absolute atomic E-state index is 12.0. The number of rotatable bonds is 7. The summed E-state index contributed by atoms with van der Waals surface area (Å²) in [6, 6.07) is 6.83. The highest BCUT2D eigenvalue weighted by molar-refractivity contribution is 6.01. The first kappa shape index (κ1) is 18.4. The van der Waals surface area contributed by atoms with E-state index in [0.717, 1.165) is 10.5 Å². The van der Waals surface area contributed by atoms with Gasteiger partial charge in [-0.1, -0.05) is 12.1 Å². The maximum Gasteiger partial charge on any atom is 0.324 e. The van der Waals surface area contributed by atoms with Crippen LogP contribution in [-0.2, 0) is 19.1 Å². The third kappa shape index (κ3) is 5.30. The van der Waals surface area contributed by atoms with Crippen molar-refractivity contribution in [1.82, 2.24) is 10.2 Å². The molecule has 1 unspecified atom stereocenters. The quantitative estimate of drug-likeness (QED) is 0.569. The van der Waals surface area contributed by atoms with Crippen molar-refractivity contribution in [3.63, 3.8) is 0 Å². The molecule has 8 heteroatoms. The molecule has 0 saturated carbocycles. The molecule has 0 aliphatic carbocycles. The number of carbonyl (C=O) groups is 4. The van der Waals surface area contributed by atoms with Crippen LogP contribution in [0.1, 0.15) is 25.3 Å². The summed E-state index contributed by atoms with van der Waals surface area (Å²) >= 11 is 0. The molecule has 2 rings (SSSR count). The average molecular weight is 347 g/mol. The summed E-state index contributed by atoms with van der Waals surface area (Å²) in [6.45, 7) is 3.52. The van der Waals surface area contributed by atoms with E-state index in [2.05, 4.69) is 10.6 Å². The topological polar surface area (TPSA) is 105 Å². The van der Waals surface area contributed by atoms with E-state index < -0.39 is 24.0 Å². The molecule has 1 aliphatic heterocycles. The van der Waals surface area contributed by atoms with Crippen molar-refractivity contribution in [2.24, 2.45) is 0 Å². The van der Waals surface area contributed by atoms with E-state index >= 15 is 0 Å². The highest BCUT2D eigenvalue weighted by Crippen LogP contribution is 2.11. The minimum atomic E-state index is -0.940. The molecule has 134 valence electrons. The standard InChI is InChI=1S/C17H21N3O5/c1-11-5-3-6-13(9-11)19-16(23)12(2)25-15(22)7-4-8-20-14(21)10-18-17(20)24/h3,5-6,9,12H,4,7-8,10H2,1-2H3,(H,18,24)(H,19,23). The lowest BCUT2D eigenvalue weighted by Crippen LogP contribution is -2.33. The van der Waals surface area contributed by atoms with E-state index in [1.807, 2.05) is 25.1 Å². The molecule has 4 amide bonds. The maximum atomic E-state index is 12.0. The Morgan fingerprint density at radius 3 is 2.76 bits per heavy atom. The second kappa shape index (κ2) is 8.27. The molecule has 0 radical (unpaired) electrons. The van der Waals surface area contributed by atoms with E-state index in [1.165, 1.54) is 6.92 Å². The molecular formula is C17H21N3O5. The van der Waals surface area contributed by atoms with Gasteiger partial charge < -0.3 is 15.4 Å². The molecular weight excluding hydrogens is 326 g/mol. The molecule has 8 nitrogen and oxygen atoms in total. The number of ether oxygens (including phenoxy) is 1. The summed E-state index contributed by atoms with van der Waals surface area (Å²) in [5.74, 6) is -1.30. The lowest BCUT2D eigenvalue weighted by Gasteiger charge is -2.15. The zero-order valence-electron chi connectivity index (χ0n) is 14.2. The predicted octanol–water partition coefficient (Wildman–Crippen LogP) is 1.20. The summed E-state index contributed by atoms with van der Waals surface area (Å²) in [7, 11) is 0. The largest absolute Gasteiger partial charge is 0.453 e. The Morgan fingerprint density at radius 2 is 2.12 bits per heavy atom. The Balaban J connectivity index is 1.73. The van der Waals surface area contributed by atoms with Crippen molar-refractivity contribution in [2.75, 3.05) is 18.4 Å². The van der Waals surface area contributed by atoms with Crippen molar-refractivity contribution >= 4 is 29.5 Å². The molecule has 1 aliphatic rings. The molecule has 1 heterocycles. The van der Waals surface area contributed by atoms with Gasteiger partial charge in [0, 0.05) is 18.7 Å². The lowest BCUT2D eigenvalue weighted by molar-refractivity contribution is -0.153. The third-order valence-corrected chi connectivity index (χ3v) is 3.66. The number of anilines is 1. The first-order valence-corrected chi connectivity index (χ1v) is 8.02. The fourth-order valence-electron chi connectivity index (χ4n) is 2.34. The van der Waals surface area contributed by atoms with E-state index in [9.17, 15) is 19.2 Å². The molecule has 1 saturated heterocycles. The first-order valence-electron chi connectivity index (χ1n) is 8.02. The SMILES string of the molecule is Cc1cccc(NC(=O)C(C)OC(=O)CCCN2C(=O)CNC2=O)c1. The van der Waals surface area contributed by atoms with E-state index in [4.69, 9.17) is 4.74 Å². The van der Waals surface area contributed by atoms with Crippen LogP contribution in [0.25, 0.3) is 0 Å². The summed E-state index contributed by atoms with van der Waals surface area (Å²) in [5, 5.41) is 5.08. The number of urea groups is 1. The predicted molar refractivity (Wildman–Crippen MR) is 89.7 cm³/mol. The minimum absolute atomic E-state index is 0.0130. The Hall–Kier alpha value is -2.90. The highest BCUT2D eigenvalue weighted by Gasteiger charge is 2.28. The van der Waals surface area contributed by atoms with Gasteiger partial charge in [0.05, 0.1) is 6.54 Å². The van der Waals surface area contributed by atoms with Crippen molar-refractivity contribution in [2.45, 2.75) is 32.8 Å². The second-order valence-corrected chi connectivity index (χ2v) is 5.80. The number of benzene rings is 1. The number of aryl methyl sites for hydroxylation is 1. The Labute approximate surface area is 145 Å². The van der Waals surface area contributed by atoms with Gasteiger partial charge in [-0.25, -0.2) is 4.79 Å². The molecule has 1 aromatic rings. The number of carbonyl (C=O) groups excluding carboxylic acids is 4. The molecule has 0 aromatic heterocycles. The Bertz CT molecular complexity index is 673. The number of imide groups is 1. The zero-order chi connectivity index (χ0) is 18.4. The molecule has 2 N–H and O–H groups in total. The van der Waals surface area contributed by atoms with Crippen LogP contribution in [-0.4, -0.2) is 47.9 Å². The van der Waals surface area contributed by atoms with Gasteiger partial charge in [0.25, 0.3) is 5.91 Å². The molecule has 25 heavy (non-hydrogen) atoms. The molecule has 1 aromatic carbocycles. The van der Waals surface area contributed by atoms with Crippen LogP contribution in [0.4, 0.5) is 10.5 Å². The van der Waals surface area contributed by atoms with Crippen molar-refractivity contribution < 1.29 is 23.9 Å². The zero-order valence-corrected chi connectivity index (χ0v) is 14.2. The number of nitrogens with one attached hydrogen (secondary N) is 2. The van der Waals surface area contributed by atoms with Crippen molar-refractivity contribution in [3.8, 4) is 0 Å². The van der Waals surface area contributed by atoms with E-state index in [-0.39, 0.29) is 31.8 Å². The smallest absolute Gasteiger partial charge is 0.324 e. The van der Waals surface area contributed by atoms with Crippen molar-refractivity contribution in [3.05, 3.63) is 29.8 Å². The fourth-order valence-corrected chi connectivity index (χ4v) is 2.34. The molecule has 0 spiro atoms. The summed E-state index contributed by atoms with van der Waals surface area (Å²) in [6.07, 6.45) is -0.645. The van der Waals surface area contributed by atoms with Crippen LogP contribution in [0.2, 0.25) is 0 Å². The van der Waals surface area contributed by atoms with Crippen molar-refractivity contribution in [1.29, 1.82) is 0 Å². The van der Waals surface area contributed by atoms with Crippen LogP contribution in [0.15, 0.2) is 24.3 Å². The van der Waals surface area contributed by atoms with Gasteiger partial charge in [0.2, 0.25) is 5.91 Å². The number of hydrogen-bond acceptors (Lipinski definition) is 5. The molecule has 0 bridgehead atoms. The Morgan fingerprint density at radius 1 is 1.36 bits per heavy atom. The van der Waals surface area contributed by atoms with Crippen LogP contribution in [0.3, 0.4) is 0 Å². The van der Waals surface area contributed by atoms with Gasteiger partial charge in [0.15, 0.2) is 6.10 Å². The summed E-state index contributed by atoms with van der Waals surface area (Å²) < 4.78 is 5.08.